The summed E-state index contributed by atoms with van der Waals surface area (Å²) in [5.41, 5.74) is 2.52. The van der Waals surface area contributed by atoms with Crippen LogP contribution in [0.1, 0.15) is 40.7 Å². The highest BCUT2D eigenvalue weighted by molar-refractivity contribution is 6.31. The number of halogens is 1. The maximum absolute atomic E-state index is 13.2. The van der Waals surface area contributed by atoms with Crippen molar-refractivity contribution in [3.05, 3.63) is 64.4 Å². The normalized spacial score (nSPS) is 25.3. The number of carbonyl (C=O) groups is 1. The lowest BCUT2D eigenvalue weighted by Crippen LogP contribution is -2.59. The summed E-state index contributed by atoms with van der Waals surface area (Å²) in [7, 11) is 0. The molecule has 1 amide bonds. The number of hydrogen-bond donors (Lipinski definition) is 1. The van der Waals surface area contributed by atoms with E-state index in [1.54, 1.807) is 12.4 Å². The van der Waals surface area contributed by atoms with Crippen molar-refractivity contribution >= 4 is 17.5 Å². The molecule has 2 saturated heterocycles. The highest BCUT2D eigenvalue weighted by Crippen LogP contribution is 2.40. The molecule has 6 heteroatoms. The molecule has 1 aromatic carbocycles. The molecule has 3 heterocycles. The first-order valence-corrected chi connectivity index (χ1v) is 10.7. The second kappa shape index (κ2) is 8.42. The molecule has 0 saturated carbocycles. The Hall–Kier alpha value is -1.95. The van der Waals surface area contributed by atoms with E-state index in [1.807, 2.05) is 42.2 Å². The van der Waals surface area contributed by atoms with Gasteiger partial charge in [-0.3, -0.25) is 14.7 Å². The molecule has 0 radical (unpaired) electrons. The molecule has 0 aliphatic carbocycles. The van der Waals surface area contributed by atoms with Gasteiger partial charge >= 0.3 is 0 Å². The van der Waals surface area contributed by atoms with E-state index in [0.717, 1.165) is 62.1 Å². The molecule has 2 fully saturated rings. The topological polar surface area (TPSA) is 56.7 Å². The number of aliphatic hydroxyl groups excluding tert-OH is 1. The van der Waals surface area contributed by atoms with Crippen LogP contribution in [0.4, 0.5) is 0 Å². The molecule has 1 aromatic heterocycles. The van der Waals surface area contributed by atoms with Crippen LogP contribution in [-0.2, 0) is 6.54 Å². The van der Waals surface area contributed by atoms with Gasteiger partial charge in [-0.25, -0.2) is 0 Å². The van der Waals surface area contributed by atoms with Crippen LogP contribution in [0, 0.1) is 12.3 Å². The van der Waals surface area contributed by atoms with E-state index in [9.17, 15) is 9.90 Å². The average Bonchev–Trinajstić information content (AvgIpc) is 2.72. The van der Waals surface area contributed by atoms with Crippen molar-refractivity contribution in [2.75, 3.05) is 26.2 Å². The predicted octanol–water partition coefficient (Wildman–Crippen LogP) is 3.53. The van der Waals surface area contributed by atoms with Crippen molar-refractivity contribution in [2.45, 2.75) is 38.8 Å². The van der Waals surface area contributed by atoms with Gasteiger partial charge in [0.25, 0.3) is 5.91 Å². The summed E-state index contributed by atoms with van der Waals surface area (Å²) >= 11 is 6.31. The number of likely N-dealkylation sites (tertiary alicyclic amines) is 2. The number of pyridine rings is 1. The minimum atomic E-state index is -0.390. The maximum atomic E-state index is 13.2. The Kier molecular flexibility index (Phi) is 5.91. The third kappa shape index (κ3) is 4.18. The third-order valence-corrected chi connectivity index (χ3v) is 6.83. The van der Waals surface area contributed by atoms with E-state index in [2.05, 4.69) is 9.88 Å². The van der Waals surface area contributed by atoms with Crippen LogP contribution in [0.15, 0.2) is 42.7 Å². The van der Waals surface area contributed by atoms with E-state index >= 15 is 0 Å². The highest BCUT2D eigenvalue weighted by atomic mass is 35.5. The first-order chi connectivity index (χ1) is 14.0. The molecule has 4 rings (SSSR count). The van der Waals surface area contributed by atoms with Gasteiger partial charge in [-0.15, -0.1) is 0 Å². The van der Waals surface area contributed by atoms with E-state index in [4.69, 9.17) is 11.6 Å². The number of piperidine rings is 2. The van der Waals surface area contributed by atoms with Gasteiger partial charge in [0.1, 0.15) is 0 Å². The van der Waals surface area contributed by atoms with Crippen molar-refractivity contribution in [2.24, 2.45) is 5.41 Å². The Morgan fingerprint density at radius 1 is 1.28 bits per heavy atom. The summed E-state index contributed by atoms with van der Waals surface area (Å²) in [6.45, 7) is 5.65. The van der Waals surface area contributed by atoms with E-state index < -0.39 is 0 Å². The van der Waals surface area contributed by atoms with Gasteiger partial charge in [-0.05, 0) is 49.4 Å². The number of aryl methyl sites for hydroxylation is 1. The summed E-state index contributed by atoms with van der Waals surface area (Å²) in [6.07, 6.45) is 5.62. The highest BCUT2D eigenvalue weighted by Gasteiger charge is 2.46. The zero-order chi connectivity index (χ0) is 20.4. The quantitative estimate of drug-likeness (QED) is 0.836. The zero-order valence-electron chi connectivity index (χ0n) is 16.9. The fourth-order valence-electron chi connectivity index (χ4n) is 4.87. The second-order valence-electron chi connectivity index (χ2n) is 8.49. The van der Waals surface area contributed by atoms with Gasteiger partial charge in [0.05, 0.1) is 11.1 Å². The number of carbonyl (C=O) groups excluding carboxylic acids is 1. The maximum Gasteiger partial charge on any atom is 0.254 e. The Labute approximate surface area is 177 Å². The van der Waals surface area contributed by atoms with Crippen LogP contribution in [-0.4, -0.2) is 58.1 Å². The summed E-state index contributed by atoms with van der Waals surface area (Å²) in [5.74, 6) is 0.0728. The van der Waals surface area contributed by atoms with Gasteiger partial charge in [-0.1, -0.05) is 29.8 Å². The summed E-state index contributed by atoms with van der Waals surface area (Å²) < 4.78 is 0. The number of amides is 1. The number of hydrogen-bond acceptors (Lipinski definition) is 4. The van der Waals surface area contributed by atoms with E-state index in [-0.39, 0.29) is 17.4 Å². The molecule has 2 aromatic rings. The molecule has 5 nitrogen and oxygen atoms in total. The van der Waals surface area contributed by atoms with Gasteiger partial charge in [0.2, 0.25) is 0 Å². The van der Waals surface area contributed by atoms with Crippen LogP contribution < -0.4 is 0 Å². The minimum absolute atomic E-state index is 0.0728. The van der Waals surface area contributed by atoms with Crippen LogP contribution >= 0.6 is 11.6 Å². The lowest BCUT2D eigenvalue weighted by molar-refractivity contribution is -0.0805. The fraction of sp³-hybridized carbons (Fsp3) is 0.478. The molecule has 154 valence electrons. The molecular weight excluding hydrogens is 386 g/mol. The van der Waals surface area contributed by atoms with Crippen molar-refractivity contribution in [1.82, 2.24) is 14.8 Å². The van der Waals surface area contributed by atoms with Gasteiger partial charge < -0.3 is 10.0 Å². The van der Waals surface area contributed by atoms with Crippen LogP contribution in [0.25, 0.3) is 0 Å². The second-order valence-corrected chi connectivity index (χ2v) is 8.90. The van der Waals surface area contributed by atoms with Gasteiger partial charge in [-0.2, -0.15) is 0 Å². The summed E-state index contributed by atoms with van der Waals surface area (Å²) in [6, 6.07) is 9.69. The SMILES string of the molecule is Cc1ccccc1C(=O)N1CCC[C@@]2(CN(Cc3ccncc3Cl)CC[C@H]2O)C1. The smallest absolute Gasteiger partial charge is 0.254 e. The number of aromatic nitrogens is 1. The monoisotopic (exact) mass is 413 g/mol. The fourth-order valence-corrected chi connectivity index (χ4v) is 5.05. The van der Waals surface area contributed by atoms with E-state index in [0.29, 0.717) is 11.6 Å². The zero-order valence-corrected chi connectivity index (χ0v) is 17.6. The predicted molar refractivity (Wildman–Crippen MR) is 114 cm³/mol. The molecule has 2 atom stereocenters. The van der Waals surface area contributed by atoms with E-state index in [1.165, 1.54) is 0 Å². The Morgan fingerprint density at radius 2 is 2.10 bits per heavy atom. The van der Waals surface area contributed by atoms with Gasteiger partial charge in [0.15, 0.2) is 0 Å². The number of aliphatic hydroxyl groups is 1. The molecule has 0 unspecified atom stereocenters. The number of benzene rings is 1. The molecule has 2 aliphatic rings. The largest absolute Gasteiger partial charge is 0.392 e. The van der Waals surface area contributed by atoms with Crippen molar-refractivity contribution in [1.29, 1.82) is 0 Å². The van der Waals surface area contributed by atoms with Crippen LogP contribution in [0.3, 0.4) is 0 Å². The van der Waals surface area contributed by atoms with Crippen LogP contribution in [0.5, 0.6) is 0 Å². The first kappa shape index (κ1) is 20.3. The van der Waals surface area contributed by atoms with Crippen molar-refractivity contribution < 1.29 is 9.90 Å². The lowest BCUT2D eigenvalue weighted by atomic mass is 9.71. The standard InChI is InChI=1S/C23H28ClN3O2/c1-17-5-2-3-6-19(17)22(29)27-11-4-9-23(16-27)15-26(12-8-21(23)28)14-18-7-10-25-13-20(18)24/h2-3,5-7,10,13,21,28H,4,8-9,11-12,14-16H2,1H3/t21-,23-/m1/s1. The molecule has 1 N–H and O–H groups in total. The van der Waals surface area contributed by atoms with Gasteiger partial charge in [0, 0.05) is 56.1 Å². The third-order valence-electron chi connectivity index (χ3n) is 6.49. The Balaban J connectivity index is 1.51. The molecule has 0 bridgehead atoms. The van der Waals surface area contributed by atoms with Crippen LogP contribution in [0.2, 0.25) is 5.02 Å². The number of rotatable bonds is 3. The molecule has 1 spiro atoms. The minimum Gasteiger partial charge on any atom is -0.392 e. The summed E-state index contributed by atoms with van der Waals surface area (Å²) in [4.78, 5) is 21.5. The van der Waals surface area contributed by atoms with Crippen molar-refractivity contribution in [3.8, 4) is 0 Å². The molecular formula is C23H28ClN3O2. The molecule has 2 aliphatic heterocycles. The Morgan fingerprint density at radius 3 is 2.90 bits per heavy atom. The Bertz CT molecular complexity index is 890. The average molecular weight is 414 g/mol. The number of nitrogens with zero attached hydrogens (tertiary/aromatic N) is 3. The van der Waals surface area contributed by atoms with Crippen molar-refractivity contribution in [3.63, 3.8) is 0 Å². The summed E-state index contributed by atoms with van der Waals surface area (Å²) in [5, 5.41) is 11.6. The molecule has 29 heavy (non-hydrogen) atoms. The first-order valence-electron chi connectivity index (χ1n) is 10.3. The lowest BCUT2D eigenvalue weighted by Gasteiger charge is -2.51.